The predicted octanol–water partition coefficient (Wildman–Crippen LogP) is 1.23. The van der Waals surface area contributed by atoms with E-state index in [4.69, 9.17) is 9.84 Å². The van der Waals surface area contributed by atoms with Crippen LogP contribution >= 0.6 is 0 Å². The molecule has 1 aliphatic rings. The van der Waals surface area contributed by atoms with Crippen LogP contribution in [0.15, 0.2) is 29.2 Å². The average Bonchev–Trinajstić information content (AvgIpc) is 2.86. The Morgan fingerprint density at radius 1 is 1.40 bits per heavy atom. The van der Waals surface area contributed by atoms with E-state index in [2.05, 4.69) is 4.72 Å². The minimum atomic E-state index is -3.74. The summed E-state index contributed by atoms with van der Waals surface area (Å²) in [6.45, 7) is 0. The summed E-state index contributed by atoms with van der Waals surface area (Å²) in [5, 5.41) is 9.08. The topological polar surface area (TPSA) is 92.7 Å². The second-order valence-corrected chi connectivity index (χ2v) is 6.50. The summed E-state index contributed by atoms with van der Waals surface area (Å²) in [5.74, 6) is -1.18. The van der Waals surface area contributed by atoms with Crippen molar-refractivity contribution in [1.29, 1.82) is 0 Å². The first kappa shape index (κ1) is 14.8. The number of methoxy groups -OCH3 is 1. The normalized spacial score (nSPS) is 22.6. The van der Waals surface area contributed by atoms with Crippen molar-refractivity contribution in [3.63, 3.8) is 0 Å². The minimum absolute atomic E-state index is 0.0767. The van der Waals surface area contributed by atoms with Crippen LogP contribution in [-0.2, 0) is 14.8 Å². The first-order valence-electron chi connectivity index (χ1n) is 6.33. The largest absolute Gasteiger partial charge is 0.497 e. The zero-order chi connectivity index (χ0) is 14.8. The van der Waals surface area contributed by atoms with Crippen LogP contribution < -0.4 is 9.46 Å². The van der Waals surface area contributed by atoms with Crippen LogP contribution in [0.3, 0.4) is 0 Å². The third-order valence-corrected chi connectivity index (χ3v) is 4.98. The molecule has 2 unspecified atom stereocenters. The summed E-state index contributed by atoms with van der Waals surface area (Å²) in [5.41, 5.74) is 0. The van der Waals surface area contributed by atoms with Gasteiger partial charge < -0.3 is 9.84 Å². The van der Waals surface area contributed by atoms with Crippen molar-refractivity contribution < 1.29 is 23.1 Å². The molecule has 0 radical (unpaired) electrons. The molecule has 110 valence electrons. The Labute approximate surface area is 117 Å². The third kappa shape index (κ3) is 3.10. The summed E-state index contributed by atoms with van der Waals surface area (Å²) < 4.78 is 32.0. The van der Waals surface area contributed by atoms with Crippen molar-refractivity contribution in [2.45, 2.75) is 30.2 Å². The maximum absolute atomic E-state index is 12.3. The van der Waals surface area contributed by atoms with Gasteiger partial charge >= 0.3 is 5.97 Å². The number of carboxylic acid groups (broad SMARTS) is 1. The van der Waals surface area contributed by atoms with Gasteiger partial charge in [-0.15, -0.1) is 0 Å². The van der Waals surface area contributed by atoms with Crippen molar-refractivity contribution in [2.24, 2.45) is 5.92 Å². The van der Waals surface area contributed by atoms with Crippen molar-refractivity contribution in [2.75, 3.05) is 7.11 Å². The molecule has 0 aliphatic heterocycles. The number of hydrogen-bond acceptors (Lipinski definition) is 4. The molecule has 7 heteroatoms. The first-order chi connectivity index (χ1) is 9.44. The fourth-order valence-corrected chi connectivity index (χ4v) is 3.78. The van der Waals surface area contributed by atoms with Gasteiger partial charge in [-0.1, -0.05) is 12.5 Å². The molecular formula is C13H17NO5S. The molecule has 0 aromatic heterocycles. The molecule has 1 saturated carbocycles. The Balaban J connectivity index is 2.20. The number of nitrogens with one attached hydrogen (secondary N) is 1. The molecule has 1 fully saturated rings. The Morgan fingerprint density at radius 3 is 2.80 bits per heavy atom. The molecule has 0 saturated heterocycles. The van der Waals surface area contributed by atoms with E-state index >= 15 is 0 Å². The zero-order valence-corrected chi connectivity index (χ0v) is 11.9. The highest BCUT2D eigenvalue weighted by atomic mass is 32.2. The lowest BCUT2D eigenvalue weighted by molar-refractivity contribution is -0.141. The van der Waals surface area contributed by atoms with Crippen LogP contribution in [0.5, 0.6) is 5.75 Å². The van der Waals surface area contributed by atoms with Crippen LogP contribution in [0, 0.1) is 5.92 Å². The molecule has 1 aromatic carbocycles. The van der Waals surface area contributed by atoms with Crippen molar-refractivity contribution >= 4 is 16.0 Å². The molecule has 6 nitrogen and oxygen atoms in total. The lowest BCUT2D eigenvalue weighted by Crippen LogP contribution is -2.40. The van der Waals surface area contributed by atoms with Gasteiger partial charge in [0.2, 0.25) is 10.0 Å². The molecule has 1 aliphatic carbocycles. The van der Waals surface area contributed by atoms with E-state index in [1.165, 1.54) is 19.2 Å². The Bertz CT molecular complexity index is 599. The van der Waals surface area contributed by atoms with E-state index in [1.54, 1.807) is 12.1 Å². The smallest absolute Gasteiger partial charge is 0.308 e. The average molecular weight is 299 g/mol. The lowest BCUT2D eigenvalue weighted by Gasteiger charge is -2.17. The number of benzene rings is 1. The second kappa shape index (κ2) is 5.80. The summed E-state index contributed by atoms with van der Waals surface area (Å²) >= 11 is 0. The molecule has 0 heterocycles. The molecule has 2 atom stereocenters. The maximum atomic E-state index is 12.3. The van der Waals surface area contributed by atoms with E-state index in [-0.39, 0.29) is 4.90 Å². The molecular weight excluding hydrogens is 282 g/mol. The number of ether oxygens (including phenoxy) is 1. The van der Waals surface area contributed by atoms with E-state index < -0.39 is 28.0 Å². The standard InChI is InChI=1S/C13H17NO5S/c1-19-9-4-2-5-10(8-9)20(17,18)14-12-7-3-6-11(12)13(15)16/h2,4-5,8,11-12,14H,3,6-7H2,1H3,(H,15,16). The quantitative estimate of drug-likeness (QED) is 0.853. The highest BCUT2D eigenvalue weighted by Gasteiger charge is 2.35. The maximum Gasteiger partial charge on any atom is 0.308 e. The second-order valence-electron chi connectivity index (χ2n) is 4.78. The van der Waals surface area contributed by atoms with Crippen molar-refractivity contribution in [3.8, 4) is 5.75 Å². The van der Waals surface area contributed by atoms with Crippen LogP contribution in [0.4, 0.5) is 0 Å². The van der Waals surface area contributed by atoms with Gasteiger partial charge in [-0.05, 0) is 25.0 Å². The van der Waals surface area contributed by atoms with Gasteiger partial charge in [0.1, 0.15) is 5.75 Å². The molecule has 0 amide bonds. The predicted molar refractivity (Wildman–Crippen MR) is 72.1 cm³/mol. The van der Waals surface area contributed by atoms with Gasteiger partial charge in [0.15, 0.2) is 0 Å². The van der Waals surface area contributed by atoms with Crippen LogP contribution in [0.2, 0.25) is 0 Å². The minimum Gasteiger partial charge on any atom is -0.497 e. The first-order valence-corrected chi connectivity index (χ1v) is 7.81. The molecule has 2 N–H and O–H groups in total. The Hall–Kier alpha value is -1.60. The van der Waals surface area contributed by atoms with E-state index in [0.717, 1.165) is 0 Å². The Kier molecular flexibility index (Phi) is 4.29. The SMILES string of the molecule is COc1cccc(S(=O)(=O)NC2CCCC2C(=O)O)c1. The molecule has 2 rings (SSSR count). The summed E-state index contributed by atoms with van der Waals surface area (Å²) in [6.07, 6.45) is 1.75. The summed E-state index contributed by atoms with van der Waals surface area (Å²) in [6, 6.07) is 5.54. The van der Waals surface area contributed by atoms with Gasteiger partial charge in [0.05, 0.1) is 17.9 Å². The van der Waals surface area contributed by atoms with Gasteiger partial charge in [-0.2, -0.15) is 0 Å². The van der Waals surface area contributed by atoms with Crippen LogP contribution in [-0.4, -0.2) is 32.6 Å². The lowest BCUT2D eigenvalue weighted by atomic mass is 10.1. The molecule has 0 bridgehead atoms. The fourth-order valence-electron chi connectivity index (χ4n) is 2.43. The van der Waals surface area contributed by atoms with Gasteiger partial charge in [0, 0.05) is 12.1 Å². The third-order valence-electron chi connectivity index (χ3n) is 3.49. The fraction of sp³-hybridized carbons (Fsp3) is 0.462. The van der Waals surface area contributed by atoms with Crippen LogP contribution in [0.1, 0.15) is 19.3 Å². The van der Waals surface area contributed by atoms with Gasteiger partial charge in [-0.25, -0.2) is 13.1 Å². The van der Waals surface area contributed by atoms with E-state index in [1.807, 2.05) is 0 Å². The van der Waals surface area contributed by atoms with E-state index in [0.29, 0.717) is 25.0 Å². The number of carboxylic acids is 1. The number of sulfonamides is 1. The number of rotatable bonds is 5. The van der Waals surface area contributed by atoms with Gasteiger partial charge in [0.25, 0.3) is 0 Å². The number of hydrogen-bond donors (Lipinski definition) is 2. The van der Waals surface area contributed by atoms with Gasteiger partial charge in [-0.3, -0.25) is 4.79 Å². The zero-order valence-electron chi connectivity index (χ0n) is 11.1. The monoisotopic (exact) mass is 299 g/mol. The molecule has 1 aromatic rings. The summed E-state index contributed by atoms with van der Waals surface area (Å²) in [7, 11) is -2.28. The molecule has 20 heavy (non-hydrogen) atoms. The van der Waals surface area contributed by atoms with E-state index in [9.17, 15) is 13.2 Å². The van der Waals surface area contributed by atoms with Crippen molar-refractivity contribution in [1.82, 2.24) is 4.72 Å². The number of aliphatic carboxylic acids is 1. The Morgan fingerprint density at radius 2 is 2.15 bits per heavy atom. The highest BCUT2D eigenvalue weighted by molar-refractivity contribution is 7.89. The van der Waals surface area contributed by atoms with Crippen LogP contribution in [0.25, 0.3) is 0 Å². The van der Waals surface area contributed by atoms with Crippen molar-refractivity contribution in [3.05, 3.63) is 24.3 Å². The summed E-state index contributed by atoms with van der Waals surface area (Å²) in [4.78, 5) is 11.2. The highest BCUT2D eigenvalue weighted by Crippen LogP contribution is 2.27. The number of carbonyl (C=O) groups is 1. The molecule has 0 spiro atoms.